The van der Waals surface area contributed by atoms with Crippen LogP contribution in [0.25, 0.3) is 6.08 Å². The van der Waals surface area contributed by atoms with E-state index in [0.29, 0.717) is 22.8 Å². The molecule has 0 unspecified atom stereocenters. The fourth-order valence-electron chi connectivity index (χ4n) is 1.50. The summed E-state index contributed by atoms with van der Waals surface area (Å²) in [7, 11) is 4.53. The van der Waals surface area contributed by atoms with Gasteiger partial charge >= 0.3 is 5.97 Å². The van der Waals surface area contributed by atoms with Crippen LogP contribution in [0.2, 0.25) is 0 Å². The Morgan fingerprint density at radius 1 is 1.11 bits per heavy atom. The average Bonchev–Trinajstić information content (AvgIpc) is 2.37. The molecule has 1 rings (SSSR count). The number of methoxy groups -OCH3 is 3. The Hall–Kier alpha value is -2.17. The first-order chi connectivity index (χ1) is 8.53. The van der Waals surface area contributed by atoms with E-state index in [1.165, 1.54) is 34.3 Å². The maximum atomic E-state index is 10.8. The quantitative estimate of drug-likeness (QED) is 0.814. The molecule has 0 amide bonds. The average molecular weight is 252 g/mol. The van der Waals surface area contributed by atoms with Crippen molar-refractivity contribution in [3.63, 3.8) is 0 Å². The molecule has 0 bridgehead atoms. The molecule has 0 aliphatic carbocycles. The topological polar surface area (TPSA) is 65.0 Å². The molecule has 0 aliphatic rings. The molecule has 1 aromatic rings. The summed E-state index contributed by atoms with van der Waals surface area (Å²) in [5, 5.41) is 8.84. The van der Waals surface area contributed by atoms with Gasteiger partial charge in [-0.2, -0.15) is 0 Å². The second-order valence-electron chi connectivity index (χ2n) is 3.59. The monoisotopic (exact) mass is 252 g/mol. The zero-order valence-corrected chi connectivity index (χ0v) is 10.8. The Bertz CT molecular complexity index is 451. The first-order valence-corrected chi connectivity index (χ1v) is 5.25. The van der Waals surface area contributed by atoms with Gasteiger partial charge in [-0.25, -0.2) is 4.79 Å². The van der Waals surface area contributed by atoms with Gasteiger partial charge in [-0.3, -0.25) is 0 Å². The molecule has 0 spiro atoms. The van der Waals surface area contributed by atoms with Crippen molar-refractivity contribution >= 4 is 12.0 Å². The zero-order chi connectivity index (χ0) is 13.7. The first-order valence-electron chi connectivity index (χ1n) is 5.25. The Morgan fingerprint density at radius 3 is 1.94 bits per heavy atom. The Balaban J connectivity index is 3.32. The highest BCUT2D eigenvalue weighted by Gasteiger charge is 2.12. The second kappa shape index (κ2) is 5.95. The molecule has 0 saturated carbocycles. The summed E-state index contributed by atoms with van der Waals surface area (Å²) in [6.45, 7) is 1.52. The number of carbonyl (C=O) groups is 1. The van der Waals surface area contributed by atoms with E-state index in [-0.39, 0.29) is 5.57 Å². The molecule has 0 aromatic heterocycles. The molecular formula is C13H16O5. The number of carboxylic acids is 1. The summed E-state index contributed by atoms with van der Waals surface area (Å²) >= 11 is 0. The highest BCUT2D eigenvalue weighted by molar-refractivity contribution is 5.91. The van der Waals surface area contributed by atoms with E-state index < -0.39 is 5.97 Å². The van der Waals surface area contributed by atoms with Crippen LogP contribution in [0, 0.1) is 0 Å². The number of hydrogen-bond donors (Lipinski definition) is 1. The summed E-state index contributed by atoms with van der Waals surface area (Å²) in [6, 6.07) is 3.38. The highest BCUT2D eigenvalue weighted by Crippen LogP contribution is 2.38. The zero-order valence-electron chi connectivity index (χ0n) is 10.8. The van der Waals surface area contributed by atoms with Gasteiger partial charge in [0.15, 0.2) is 11.5 Å². The van der Waals surface area contributed by atoms with Gasteiger partial charge in [-0.1, -0.05) is 0 Å². The van der Waals surface area contributed by atoms with Crippen LogP contribution in [0.15, 0.2) is 17.7 Å². The molecule has 5 nitrogen and oxygen atoms in total. The molecular weight excluding hydrogens is 236 g/mol. The summed E-state index contributed by atoms with van der Waals surface area (Å²) in [4.78, 5) is 10.8. The van der Waals surface area contributed by atoms with Crippen molar-refractivity contribution in [2.75, 3.05) is 21.3 Å². The summed E-state index contributed by atoms with van der Waals surface area (Å²) < 4.78 is 15.5. The van der Waals surface area contributed by atoms with E-state index in [0.717, 1.165) is 0 Å². The van der Waals surface area contributed by atoms with E-state index in [1.807, 2.05) is 0 Å². The number of ether oxygens (including phenoxy) is 3. The lowest BCUT2D eigenvalue weighted by Gasteiger charge is -2.13. The molecule has 0 aliphatic heterocycles. The molecule has 0 atom stereocenters. The van der Waals surface area contributed by atoms with Crippen LogP contribution in [0.5, 0.6) is 17.2 Å². The van der Waals surface area contributed by atoms with Gasteiger partial charge in [0.05, 0.1) is 21.3 Å². The molecule has 1 aromatic carbocycles. The van der Waals surface area contributed by atoms with Gasteiger partial charge in [0, 0.05) is 5.57 Å². The SMILES string of the molecule is COc1cc(C=C(C)C(=O)O)cc(OC)c1OC. The molecule has 0 heterocycles. The molecule has 0 saturated heterocycles. The third-order valence-corrected chi connectivity index (χ3v) is 2.41. The van der Waals surface area contributed by atoms with Crippen molar-refractivity contribution in [2.24, 2.45) is 0 Å². The van der Waals surface area contributed by atoms with Crippen molar-refractivity contribution in [1.82, 2.24) is 0 Å². The van der Waals surface area contributed by atoms with Crippen LogP contribution >= 0.6 is 0 Å². The van der Waals surface area contributed by atoms with Crippen LogP contribution in [-0.4, -0.2) is 32.4 Å². The first kappa shape index (κ1) is 13.9. The van der Waals surface area contributed by atoms with Crippen LogP contribution in [0.1, 0.15) is 12.5 Å². The minimum atomic E-state index is -0.969. The predicted molar refractivity (Wildman–Crippen MR) is 67.4 cm³/mol. The Morgan fingerprint density at radius 2 is 1.61 bits per heavy atom. The lowest BCUT2D eigenvalue weighted by molar-refractivity contribution is -0.132. The van der Waals surface area contributed by atoms with Crippen molar-refractivity contribution in [3.8, 4) is 17.2 Å². The molecule has 0 fully saturated rings. The Kier molecular flexibility index (Phi) is 4.59. The van der Waals surface area contributed by atoms with Crippen molar-refractivity contribution in [2.45, 2.75) is 6.92 Å². The van der Waals surface area contributed by atoms with Crippen molar-refractivity contribution in [1.29, 1.82) is 0 Å². The predicted octanol–water partition coefficient (Wildman–Crippen LogP) is 2.20. The van der Waals surface area contributed by atoms with E-state index >= 15 is 0 Å². The van der Waals surface area contributed by atoms with Gasteiger partial charge in [0.1, 0.15) is 0 Å². The normalized spacial score (nSPS) is 11.0. The van der Waals surface area contributed by atoms with Gasteiger partial charge in [0.2, 0.25) is 5.75 Å². The maximum absolute atomic E-state index is 10.8. The third-order valence-electron chi connectivity index (χ3n) is 2.41. The van der Waals surface area contributed by atoms with Gasteiger partial charge in [-0.15, -0.1) is 0 Å². The Labute approximate surface area is 106 Å². The fourth-order valence-corrected chi connectivity index (χ4v) is 1.50. The second-order valence-corrected chi connectivity index (χ2v) is 3.59. The number of benzene rings is 1. The summed E-state index contributed by atoms with van der Waals surface area (Å²) in [6.07, 6.45) is 1.53. The molecule has 98 valence electrons. The lowest BCUT2D eigenvalue weighted by Crippen LogP contribution is -1.97. The third kappa shape index (κ3) is 2.94. The summed E-state index contributed by atoms with van der Waals surface area (Å²) in [5.41, 5.74) is 0.897. The smallest absolute Gasteiger partial charge is 0.331 e. The number of carboxylic acid groups (broad SMARTS) is 1. The van der Waals surface area contributed by atoms with Gasteiger partial charge < -0.3 is 19.3 Å². The largest absolute Gasteiger partial charge is 0.493 e. The van der Waals surface area contributed by atoms with Crippen LogP contribution < -0.4 is 14.2 Å². The number of rotatable bonds is 5. The maximum Gasteiger partial charge on any atom is 0.331 e. The molecule has 0 radical (unpaired) electrons. The summed E-state index contributed by atoms with van der Waals surface area (Å²) in [5.74, 6) is 0.483. The van der Waals surface area contributed by atoms with Crippen LogP contribution in [0.3, 0.4) is 0 Å². The van der Waals surface area contributed by atoms with Crippen LogP contribution in [0.4, 0.5) is 0 Å². The van der Waals surface area contributed by atoms with E-state index in [4.69, 9.17) is 19.3 Å². The standard InChI is InChI=1S/C13H16O5/c1-8(13(14)15)5-9-6-10(16-2)12(18-4)11(7-9)17-3/h5-7H,1-4H3,(H,14,15). The van der Waals surface area contributed by atoms with E-state index in [1.54, 1.807) is 12.1 Å². The molecule has 18 heavy (non-hydrogen) atoms. The number of hydrogen-bond acceptors (Lipinski definition) is 4. The van der Waals surface area contributed by atoms with Crippen LogP contribution in [-0.2, 0) is 4.79 Å². The van der Waals surface area contributed by atoms with Gasteiger partial charge in [0.25, 0.3) is 0 Å². The van der Waals surface area contributed by atoms with Crippen molar-refractivity contribution in [3.05, 3.63) is 23.3 Å². The fraction of sp³-hybridized carbons (Fsp3) is 0.308. The van der Waals surface area contributed by atoms with Gasteiger partial charge in [-0.05, 0) is 30.7 Å². The van der Waals surface area contributed by atoms with E-state index in [2.05, 4.69) is 0 Å². The minimum Gasteiger partial charge on any atom is -0.493 e. The van der Waals surface area contributed by atoms with E-state index in [9.17, 15) is 4.79 Å². The van der Waals surface area contributed by atoms with Crippen molar-refractivity contribution < 1.29 is 24.1 Å². The lowest BCUT2D eigenvalue weighted by atomic mass is 10.1. The molecule has 1 N–H and O–H groups in total. The number of aliphatic carboxylic acids is 1. The highest BCUT2D eigenvalue weighted by atomic mass is 16.5. The minimum absolute atomic E-state index is 0.226. The molecule has 5 heteroatoms.